The van der Waals surface area contributed by atoms with Crippen LogP contribution in [0.1, 0.15) is 24.5 Å². The molecule has 0 aromatic heterocycles. The highest BCUT2D eigenvalue weighted by Crippen LogP contribution is 2.23. The molecule has 1 aromatic carbocycles. The van der Waals surface area contributed by atoms with Crippen LogP contribution in [0.5, 0.6) is 5.75 Å². The second-order valence-corrected chi connectivity index (χ2v) is 4.47. The number of hydrogen-bond donors (Lipinski definition) is 1. The van der Waals surface area contributed by atoms with Crippen LogP contribution < -0.4 is 10.1 Å². The molecule has 1 aromatic rings. The van der Waals surface area contributed by atoms with Crippen LogP contribution in [-0.2, 0) is 11.3 Å². The van der Waals surface area contributed by atoms with E-state index in [0.717, 1.165) is 24.1 Å². The number of aryl methyl sites for hydroxylation is 1. The van der Waals surface area contributed by atoms with E-state index in [9.17, 15) is 13.2 Å². The van der Waals surface area contributed by atoms with Crippen molar-refractivity contribution in [3.8, 4) is 5.75 Å². The van der Waals surface area contributed by atoms with Crippen LogP contribution in [0.4, 0.5) is 13.2 Å². The van der Waals surface area contributed by atoms with Crippen molar-refractivity contribution in [2.24, 2.45) is 0 Å². The minimum Gasteiger partial charge on any atom is -0.467 e. The molecule has 1 rings (SSSR count). The number of para-hydroxylation sites is 1. The molecule has 0 amide bonds. The van der Waals surface area contributed by atoms with Crippen molar-refractivity contribution in [2.75, 3.05) is 19.9 Å². The number of hydrogen-bond acceptors (Lipinski definition) is 3. The molecule has 0 atom stereocenters. The summed E-state index contributed by atoms with van der Waals surface area (Å²) in [6.07, 6.45) is -3.32. The number of benzene rings is 1. The number of halogens is 3. The molecule has 3 nitrogen and oxygen atoms in total. The summed E-state index contributed by atoms with van der Waals surface area (Å²) in [7, 11) is 0. The highest BCUT2D eigenvalue weighted by Gasteiger charge is 2.27. The van der Waals surface area contributed by atoms with Gasteiger partial charge < -0.3 is 14.8 Å². The molecule has 0 radical (unpaired) electrons. The first-order valence-electron chi connectivity index (χ1n) is 6.50. The van der Waals surface area contributed by atoms with Gasteiger partial charge in [-0.1, -0.05) is 25.1 Å². The maximum atomic E-state index is 12.0. The molecule has 0 unspecified atom stereocenters. The van der Waals surface area contributed by atoms with Gasteiger partial charge in [0.05, 0.1) is 0 Å². The van der Waals surface area contributed by atoms with Crippen molar-refractivity contribution in [3.63, 3.8) is 0 Å². The fourth-order valence-corrected chi connectivity index (χ4v) is 1.72. The third-order valence-corrected chi connectivity index (χ3v) is 2.59. The molecule has 0 aliphatic rings. The third-order valence-electron chi connectivity index (χ3n) is 2.59. The Hall–Kier alpha value is -1.27. The predicted octanol–water partition coefficient (Wildman–Crippen LogP) is 3.41. The zero-order valence-corrected chi connectivity index (χ0v) is 11.7. The Morgan fingerprint density at radius 3 is 2.65 bits per heavy atom. The van der Waals surface area contributed by atoms with Crippen molar-refractivity contribution in [1.82, 2.24) is 5.32 Å². The Balaban J connectivity index is 2.54. The molecule has 0 fully saturated rings. The van der Waals surface area contributed by atoms with Gasteiger partial charge in [0.1, 0.15) is 12.4 Å². The number of nitrogens with one attached hydrogen (secondary N) is 1. The highest BCUT2D eigenvalue weighted by atomic mass is 19.4. The molecule has 114 valence electrons. The lowest BCUT2D eigenvalue weighted by atomic mass is 10.1. The summed E-state index contributed by atoms with van der Waals surface area (Å²) in [5.41, 5.74) is 1.78. The van der Waals surface area contributed by atoms with Crippen molar-refractivity contribution in [2.45, 2.75) is 33.0 Å². The monoisotopic (exact) mass is 291 g/mol. The van der Waals surface area contributed by atoms with Crippen LogP contribution in [-0.4, -0.2) is 26.1 Å². The molecule has 0 saturated heterocycles. The zero-order valence-electron chi connectivity index (χ0n) is 11.7. The first-order valence-corrected chi connectivity index (χ1v) is 6.50. The van der Waals surface area contributed by atoms with E-state index in [0.29, 0.717) is 12.3 Å². The number of rotatable bonds is 8. The molecule has 0 aliphatic carbocycles. The SMILES string of the molecule is CCCNCc1cccc(C)c1OCOCC(F)(F)F. The van der Waals surface area contributed by atoms with Gasteiger partial charge in [-0.25, -0.2) is 0 Å². The quantitative estimate of drug-likeness (QED) is 0.588. The van der Waals surface area contributed by atoms with E-state index in [2.05, 4.69) is 17.0 Å². The Morgan fingerprint density at radius 1 is 1.25 bits per heavy atom. The van der Waals surface area contributed by atoms with E-state index < -0.39 is 19.6 Å². The fourth-order valence-electron chi connectivity index (χ4n) is 1.72. The summed E-state index contributed by atoms with van der Waals surface area (Å²) < 4.78 is 45.7. The van der Waals surface area contributed by atoms with Crippen molar-refractivity contribution in [3.05, 3.63) is 29.3 Å². The van der Waals surface area contributed by atoms with Gasteiger partial charge in [0.2, 0.25) is 0 Å². The van der Waals surface area contributed by atoms with Crippen LogP contribution >= 0.6 is 0 Å². The minimum atomic E-state index is -4.33. The standard InChI is InChI=1S/C14H20F3NO2/c1-3-7-18-8-12-6-4-5-11(2)13(12)20-10-19-9-14(15,16)17/h4-6,18H,3,7-10H2,1-2H3. The lowest BCUT2D eigenvalue weighted by Crippen LogP contribution is -2.20. The van der Waals surface area contributed by atoms with Gasteiger partial charge in [0.15, 0.2) is 6.79 Å². The van der Waals surface area contributed by atoms with E-state index in [-0.39, 0.29) is 0 Å². The fraction of sp³-hybridized carbons (Fsp3) is 0.571. The third kappa shape index (κ3) is 6.25. The van der Waals surface area contributed by atoms with Crippen LogP contribution in [0.25, 0.3) is 0 Å². The minimum absolute atomic E-state index is 0.412. The molecule has 6 heteroatoms. The molecule has 1 N–H and O–H groups in total. The van der Waals surface area contributed by atoms with Crippen molar-refractivity contribution >= 4 is 0 Å². The van der Waals surface area contributed by atoms with E-state index in [4.69, 9.17) is 4.74 Å². The average molecular weight is 291 g/mol. The van der Waals surface area contributed by atoms with Gasteiger partial charge in [0, 0.05) is 12.1 Å². The molecule has 0 spiro atoms. The summed E-state index contributed by atoms with van der Waals surface area (Å²) in [6, 6.07) is 5.62. The smallest absolute Gasteiger partial charge is 0.411 e. The maximum Gasteiger partial charge on any atom is 0.411 e. The molecule has 0 bridgehead atoms. The zero-order chi connectivity index (χ0) is 15.0. The summed E-state index contributed by atoms with van der Waals surface area (Å²) in [5, 5.41) is 3.23. The molecular formula is C14H20F3NO2. The van der Waals surface area contributed by atoms with Gasteiger partial charge in [-0.2, -0.15) is 13.2 Å². The Bertz CT molecular complexity index is 408. The molecular weight excluding hydrogens is 271 g/mol. The molecule has 0 aliphatic heterocycles. The molecule has 0 heterocycles. The predicted molar refractivity (Wildman–Crippen MR) is 70.7 cm³/mol. The Labute approximate surface area is 117 Å². The largest absolute Gasteiger partial charge is 0.467 e. The van der Waals surface area contributed by atoms with Gasteiger partial charge in [-0.05, 0) is 25.5 Å². The summed E-state index contributed by atoms with van der Waals surface area (Å²) in [5.74, 6) is 0.582. The Kier molecular flexibility index (Phi) is 6.81. The summed E-state index contributed by atoms with van der Waals surface area (Å²) >= 11 is 0. The van der Waals surface area contributed by atoms with E-state index in [1.165, 1.54) is 0 Å². The van der Waals surface area contributed by atoms with Gasteiger partial charge in [0.25, 0.3) is 0 Å². The van der Waals surface area contributed by atoms with Crippen LogP contribution in [0.3, 0.4) is 0 Å². The van der Waals surface area contributed by atoms with Crippen LogP contribution in [0.2, 0.25) is 0 Å². The van der Waals surface area contributed by atoms with Crippen molar-refractivity contribution in [1.29, 1.82) is 0 Å². The normalized spacial score (nSPS) is 11.7. The second kappa shape index (κ2) is 8.11. The van der Waals surface area contributed by atoms with Crippen LogP contribution in [0, 0.1) is 6.92 Å². The maximum absolute atomic E-state index is 12.0. The van der Waals surface area contributed by atoms with E-state index in [1.807, 2.05) is 25.1 Å². The summed E-state index contributed by atoms with van der Waals surface area (Å²) in [6.45, 7) is 3.68. The first-order chi connectivity index (χ1) is 9.44. The first kappa shape index (κ1) is 16.8. The van der Waals surface area contributed by atoms with Gasteiger partial charge in [-0.3, -0.25) is 0 Å². The van der Waals surface area contributed by atoms with Crippen LogP contribution in [0.15, 0.2) is 18.2 Å². The van der Waals surface area contributed by atoms with Gasteiger partial charge >= 0.3 is 6.18 Å². The van der Waals surface area contributed by atoms with Crippen molar-refractivity contribution < 1.29 is 22.6 Å². The van der Waals surface area contributed by atoms with E-state index in [1.54, 1.807) is 0 Å². The van der Waals surface area contributed by atoms with Gasteiger partial charge in [-0.15, -0.1) is 0 Å². The Morgan fingerprint density at radius 2 is 2.00 bits per heavy atom. The lowest BCUT2D eigenvalue weighted by molar-refractivity contribution is -0.186. The van der Waals surface area contributed by atoms with E-state index >= 15 is 0 Å². The topological polar surface area (TPSA) is 30.5 Å². The number of ether oxygens (including phenoxy) is 2. The summed E-state index contributed by atoms with van der Waals surface area (Å²) in [4.78, 5) is 0. The molecule has 20 heavy (non-hydrogen) atoms. The average Bonchev–Trinajstić information content (AvgIpc) is 2.36. The second-order valence-electron chi connectivity index (χ2n) is 4.47. The lowest BCUT2D eigenvalue weighted by Gasteiger charge is -2.15. The number of alkyl halides is 3. The highest BCUT2D eigenvalue weighted by molar-refractivity contribution is 5.40. The molecule has 0 saturated carbocycles.